The van der Waals surface area contributed by atoms with E-state index < -0.39 is 0 Å². The zero-order valence-corrected chi connectivity index (χ0v) is 11.7. The van der Waals surface area contributed by atoms with Crippen molar-refractivity contribution in [1.29, 1.82) is 0 Å². The van der Waals surface area contributed by atoms with Gasteiger partial charge in [-0.25, -0.2) is 0 Å². The molecule has 20 heavy (non-hydrogen) atoms. The topological polar surface area (TPSA) is 30.0 Å². The van der Waals surface area contributed by atoms with Gasteiger partial charge in [-0.2, -0.15) is 0 Å². The molecule has 0 aliphatic heterocycles. The molecule has 0 fully saturated rings. The van der Waals surface area contributed by atoms with Gasteiger partial charge in [0.05, 0.1) is 10.5 Å². The van der Waals surface area contributed by atoms with E-state index in [1.807, 2.05) is 42.5 Å². The lowest BCUT2D eigenvalue weighted by Crippen LogP contribution is -1.93. The number of Topliss-reactive ketones (excluding diaryl/α,β-unsaturated/α-hetero) is 1. The Balaban J connectivity index is 2.11. The predicted molar refractivity (Wildman–Crippen MR) is 82.2 cm³/mol. The van der Waals surface area contributed by atoms with Crippen LogP contribution in [-0.2, 0) is 0 Å². The number of hydrogen-bond donors (Lipinski definition) is 0. The minimum atomic E-state index is -0.0262. The van der Waals surface area contributed by atoms with Gasteiger partial charge in [0, 0.05) is 17.1 Å². The van der Waals surface area contributed by atoms with Crippen LogP contribution in [0.1, 0.15) is 17.3 Å². The van der Waals surface area contributed by atoms with Gasteiger partial charge < -0.3 is 0 Å². The first-order chi connectivity index (χ1) is 9.65. The number of carbonyl (C=O) groups excluding carboxylic acids is 1. The SMILES string of the molecule is CC(=O)c1ccc(-c2ccc3cccnc3c2)cc1Cl. The van der Waals surface area contributed by atoms with Crippen LogP contribution in [-0.4, -0.2) is 10.8 Å². The van der Waals surface area contributed by atoms with Crippen LogP contribution in [0.25, 0.3) is 22.0 Å². The van der Waals surface area contributed by atoms with Crippen molar-refractivity contribution >= 4 is 28.3 Å². The molecule has 1 aromatic heterocycles. The van der Waals surface area contributed by atoms with Gasteiger partial charge in [0.1, 0.15) is 0 Å². The van der Waals surface area contributed by atoms with Crippen molar-refractivity contribution in [2.75, 3.05) is 0 Å². The number of aromatic nitrogens is 1. The summed E-state index contributed by atoms with van der Waals surface area (Å²) in [5, 5.41) is 1.58. The quantitative estimate of drug-likeness (QED) is 0.634. The van der Waals surface area contributed by atoms with Crippen LogP contribution < -0.4 is 0 Å². The van der Waals surface area contributed by atoms with Crippen molar-refractivity contribution in [1.82, 2.24) is 4.98 Å². The molecule has 0 bridgehead atoms. The highest BCUT2D eigenvalue weighted by Gasteiger charge is 2.07. The lowest BCUT2D eigenvalue weighted by atomic mass is 10.0. The van der Waals surface area contributed by atoms with Crippen molar-refractivity contribution in [3.8, 4) is 11.1 Å². The second-order valence-electron chi connectivity index (χ2n) is 4.66. The average molecular weight is 282 g/mol. The van der Waals surface area contributed by atoms with E-state index in [1.165, 1.54) is 6.92 Å². The zero-order chi connectivity index (χ0) is 14.1. The molecule has 1 heterocycles. The molecule has 0 radical (unpaired) electrons. The minimum absolute atomic E-state index is 0.0262. The number of nitrogens with zero attached hydrogens (tertiary/aromatic N) is 1. The number of halogens is 1. The van der Waals surface area contributed by atoms with Gasteiger partial charge in [0.15, 0.2) is 5.78 Å². The third kappa shape index (κ3) is 2.30. The smallest absolute Gasteiger partial charge is 0.161 e. The predicted octanol–water partition coefficient (Wildman–Crippen LogP) is 4.76. The molecule has 2 aromatic carbocycles. The maximum absolute atomic E-state index is 11.4. The number of ketones is 1. The van der Waals surface area contributed by atoms with Crippen LogP contribution in [0, 0.1) is 0 Å². The van der Waals surface area contributed by atoms with E-state index in [9.17, 15) is 4.79 Å². The number of fused-ring (bicyclic) bond motifs is 1. The molecular weight excluding hydrogens is 270 g/mol. The molecule has 0 unspecified atom stereocenters. The van der Waals surface area contributed by atoms with Crippen LogP contribution in [0.2, 0.25) is 5.02 Å². The van der Waals surface area contributed by atoms with Crippen LogP contribution in [0.15, 0.2) is 54.7 Å². The van der Waals surface area contributed by atoms with Crippen molar-refractivity contribution in [3.63, 3.8) is 0 Å². The number of rotatable bonds is 2. The number of benzene rings is 2. The summed E-state index contributed by atoms with van der Waals surface area (Å²) in [4.78, 5) is 15.7. The van der Waals surface area contributed by atoms with Crippen molar-refractivity contribution in [2.45, 2.75) is 6.92 Å². The Morgan fingerprint density at radius 3 is 2.55 bits per heavy atom. The second kappa shape index (κ2) is 5.06. The highest BCUT2D eigenvalue weighted by molar-refractivity contribution is 6.34. The van der Waals surface area contributed by atoms with E-state index in [4.69, 9.17) is 11.6 Å². The Labute approximate surface area is 122 Å². The summed E-state index contributed by atoms with van der Waals surface area (Å²) in [5.74, 6) is -0.0262. The highest BCUT2D eigenvalue weighted by atomic mass is 35.5. The maximum Gasteiger partial charge on any atom is 0.161 e. The zero-order valence-electron chi connectivity index (χ0n) is 10.9. The Hall–Kier alpha value is -2.19. The number of hydrogen-bond acceptors (Lipinski definition) is 2. The van der Waals surface area contributed by atoms with Crippen LogP contribution in [0.5, 0.6) is 0 Å². The van der Waals surface area contributed by atoms with Crippen molar-refractivity contribution in [3.05, 3.63) is 65.3 Å². The number of carbonyl (C=O) groups is 1. The monoisotopic (exact) mass is 281 g/mol. The molecule has 0 N–H and O–H groups in total. The molecule has 0 aliphatic carbocycles. The molecule has 3 rings (SSSR count). The molecule has 0 spiro atoms. The van der Waals surface area contributed by atoms with E-state index in [0.29, 0.717) is 10.6 Å². The second-order valence-corrected chi connectivity index (χ2v) is 5.07. The van der Waals surface area contributed by atoms with Crippen molar-refractivity contribution in [2.24, 2.45) is 0 Å². The van der Waals surface area contributed by atoms with Crippen molar-refractivity contribution < 1.29 is 4.79 Å². The summed E-state index contributed by atoms with van der Waals surface area (Å²) in [6.07, 6.45) is 1.78. The molecule has 98 valence electrons. The molecule has 0 saturated heterocycles. The molecule has 0 amide bonds. The molecule has 0 aliphatic rings. The fourth-order valence-corrected chi connectivity index (χ4v) is 2.54. The fourth-order valence-electron chi connectivity index (χ4n) is 2.23. The van der Waals surface area contributed by atoms with Crippen LogP contribution >= 0.6 is 11.6 Å². The Kier molecular flexibility index (Phi) is 3.25. The first kappa shape index (κ1) is 12.8. The van der Waals surface area contributed by atoms with Gasteiger partial charge in [-0.1, -0.05) is 35.9 Å². The molecule has 0 atom stereocenters. The third-order valence-electron chi connectivity index (χ3n) is 3.29. The van der Waals surface area contributed by atoms with Gasteiger partial charge in [0.2, 0.25) is 0 Å². The summed E-state index contributed by atoms with van der Waals surface area (Å²) in [6.45, 7) is 1.51. The molecule has 2 nitrogen and oxygen atoms in total. The average Bonchev–Trinajstić information content (AvgIpc) is 2.46. The first-order valence-corrected chi connectivity index (χ1v) is 6.68. The van der Waals surface area contributed by atoms with Gasteiger partial charge in [-0.3, -0.25) is 9.78 Å². The summed E-state index contributed by atoms with van der Waals surface area (Å²) in [5.41, 5.74) is 3.51. The summed E-state index contributed by atoms with van der Waals surface area (Å²) < 4.78 is 0. The first-order valence-electron chi connectivity index (χ1n) is 6.31. The molecule has 3 heteroatoms. The van der Waals surface area contributed by atoms with E-state index in [2.05, 4.69) is 4.98 Å². The maximum atomic E-state index is 11.4. The lowest BCUT2D eigenvalue weighted by Gasteiger charge is -2.06. The van der Waals surface area contributed by atoms with Gasteiger partial charge >= 0.3 is 0 Å². The van der Waals surface area contributed by atoms with E-state index in [-0.39, 0.29) is 5.78 Å². The van der Waals surface area contributed by atoms with Crippen LogP contribution in [0.4, 0.5) is 0 Å². The van der Waals surface area contributed by atoms with Gasteiger partial charge in [-0.15, -0.1) is 0 Å². The minimum Gasteiger partial charge on any atom is -0.294 e. The summed E-state index contributed by atoms with van der Waals surface area (Å²) >= 11 is 6.16. The fraction of sp³-hybridized carbons (Fsp3) is 0.0588. The number of pyridine rings is 1. The van der Waals surface area contributed by atoms with Gasteiger partial charge in [0.25, 0.3) is 0 Å². The summed E-state index contributed by atoms with van der Waals surface area (Å²) in [6, 6.07) is 15.5. The molecule has 0 saturated carbocycles. The van der Waals surface area contributed by atoms with E-state index in [0.717, 1.165) is 22.0 Å². The van der Waals surface area contributed by atoms with Crippen LogP contribution in [0.3, 0.4) is 0 Å². The van der Waals surface area contributed by atoms with Gasteiger partial charge in [-0.05, 0) is 42.3 Å². The normalized spacial score (nSPS) is 10.7. The Morgan fingerprint density at radius 1 is 1.05 bits per heavy atom. The standard InChI is InChI=1S/C17H12ClNO/c1-11(20)15-7-6-13(9-16(15)18)14-5-4-12-3-2-8-19-17(12)10-14/h2-10H,1H3. The lowest BCUT2D eigenvalue weighted by molar-refractivity contribution is 0.101. The molecular formula is C17H12ClNO. The highest BCUT2D eigenvalue weighted by Crippen LogP contribution is 2.27. The van der Waals surface area contributed by atoms with E-state index >= 15 is 0 Å². The largest absolute Gasteiger partial charge is 0.294 e. The Bertz CT molecular complexity index is 811. The summed E-state index contributed by atoms with van der Waals surface area (Å²) in [7, 11) is 0. The van der Waals surface area contributed by atoms with E-state index in [1.54, 1.807) is 12.3 Å². The third-order valence-corrected chi connectivity index (χ3v) is 3.60. The Morgan fingerprint density at radius 2 is 1.80 bits per heavy atom. The molecule has 3 aromatic rings.